The molecule has 0 bridgehead atoms. The highest BCUT2D eigenvalue weighted by Crippen LogP contribution is 2.24. The Hall–Kier alpha value is -4.07. The molecule has 8 heteroatoms. The number of nitrogens with zero attached hydrogens (tertiary/aromatic N) is 4. The van der Waals surface area contributed by atoms with Crippen molar-refractivity contribution in [2.75, 3.05) is 14.1 Å². The van der Waals surface area contributed by atoms with Gasteiger partial charge in [0, 0.05) is 37.0 Å². The van der Waals surface area contributed by atoms with E-state index >= 15 is 0 Å². The Kier molecular flexibility index (Phi) is 4.74. The van der Waals surface area contributed by atoms with Crippen molar-refractivity contribution in [1.82, 2.24) is 30.2 Å². The zero-order valence-electron chi connectivity index (χ0n) is 15.9. The van der Waals surface area contributed by atoms with Crippen molar-refractivity contribution in [2.24, 2.45) is 0 Å². The molecule has 0 aliphatic carbocycles. The Bertz CT molecular complexity index is 1230. The number of carbonyl (C=O) groups excluding carboxylic acids is 2. The molecule has 0 saturated carbocycles. The molecule has 4 aromatic rings. The summed E-state index contributed by atoms with van der Waals surface area (Å²) < 4.78 is 1.70. The van der Waals surface area contributed by atoms with Crippen LogP contribution in [0, 0.1) is 0 Å². The maximum Gasteiger partial charge on any atom is 0.269 e. The standard InChI is InChI=1S/C21H18N6O2/c1-22-20(28)15-5-3-4-13(8-15)16-10-19-25-12-18(27(19)26-11-16)14-6-7-24-17(9-14)21(29)23-2/h3-12H,1-2H3,(H,22,28)(H,23,29). The van der Waals surface area contributed by atoms with E-state index in [4.69, 9.17) is 0 Å². The number of amides is 2. The summed E-state index contributed by atoms with van der Waals surface area (Å²) in [6.07, 6.45) is 5.01. The second-order valence-corrected chi connectivity index (χ2v) is 6.33. The number of rotatable bonds is 4. The van der Waals surface area contributed by atoms with E-state index in [-0.39, 0.29) is 11.8 Å². The zero-order chi connectivity index (χ0) is 20.4. The Balaban J connectivity index is 1.74. The molecule has 0 aliphatic heterocycles. The van der Waals surface area contributed by atoms with Gasteiger partial charge in [0.15, 0.2) is 5.65 Å². The summed E-state index contributed by atoms with van der Waals surface area (Å²) in [5.41, 5.74) is 4.81. The minimum Gasteiger partial charge on any atom is -0.355 e. The fraction of sp³-hybridized carbons (Fsp3) is 0.0952. The van der Waals surface area contributed by atoms with E-state index in [0.717, 1.165) is 22.4 Å². The summed E-state index contributed by atoms with van der Waals surface area (Å²) in [4.78, 5) is 32.3. The van der Waals surface area contributed by atoms with Crippen molar-refractivity contribution in [3.63, 3.8) is 0 Å². The molecule has 0 atom stereocenters. The van der Waals surface area contributed by atoms with Crippen molar-refractivity contribution in [1.29, 1.82) is 0 Å². The van der Waals surface area contributed by atoms with Crippen LogP contribution in [0.2, 0.25) is 0 Å². The third-order valence-corrected chi connectivity index (χ3v) is 4.56. The summed E-state index contributed by atoms with van der Waals surface area (Å²) in [6, 6.07) is 12.7. The second-order valence-electron chi connectivity index (χ2n) is 6.33. The monoisotopic (exact) mass is 386 g/mol. The normalized spacial score (nSPS) is 10.7. The van der Waals surface area contributed by atoms with Gasteiger partial charge in [0.2, 0.25) is 0 Å². The molecular formula is C21H18N6O2. The van der Waals surface area contributed by atoms with Gasteiger partial charge in [-0.2, -0.15) is 5.10 Å². The van der Waals surface area contributed by atoms with Gasteiger partial charge < -0.3 is 10.6 Å². The van der Waals surface area contributed by atoms with Gasteiger partial charge in [-0.3, -0.25) is 14.6 Å². The third-order valence-electron chi connectivity index (χ3n) is 4.56. The molecule has 8 nitrogen and oxygen atoms in total. The molecule has 1 aromatic carbocycles. The van der Waals surface area contributed by atoms with Gasteiger partial charge in [-0.1, -0.05) is 12.1 Å². The number of hydrogen-bond acceptors (Lipinski definition) is 5. The maximum atomic E-state index is 11.9. The van der Waals surface area contributed by atoms with E-state index in [9.17, 15) is 9.59 Å². The van der Waals surface area contributed by atoms with Crippen molar-refractivity contribution in [3.05, 3.63) is 72.3 Å². The largest absolute Gasteiger partial charge is 0.355 e. The molecule has 2 N–H and O–H groups in total. The average molecular weight is 386 g/mol. The summed E-state index contributed by atoms with van der Waals surface area (Å²) >= 11 is 0. The van der Waals surface area contributed by atoms with Gasteiger partial charge >= 0.3 is 0 Å². The van der Waals surface area contributed by atoms with Crippen LogP contribution in [-0.2, 0) is 0 Å². The second kappa shape index (κ2) is 7.51. The third kappa shape index (κ3) is 3.43. The number of fused-ring (bicyclic) bond motifs is 1. The van der Waals surface area contributed by atoms with E-state index in [1.165, 1.54) is 0 Å². The number of nitrogens with one attached hydrogen (secondary N) is 2. The van der Waals surface area contributed by atoms with Gasteiger partial charge in [0.25, 0.3) is 11.8 Å². The van der Waals surface area contributed by atoms with Crippen molar-refractivity contribution in [2.45, 2.75) is 0 Å². The molecule has 3 heterocycles. The Morgan fingerprint density at radius 3 is 2.48 bits per heavy atom. The Morgan fingerprint density at radius 2 is 1.69 bits per heavy atom. The first-order valence-corrected chi connectivity index (χ1v) is 8.95. The predicted molar refractivity (Wildman–Crippen MR) is 108 cm³/mol. The van der Waals surface area contributed by atoms with Crippen LogP contribution in [0.4, 0.5) is 0 Å². The summed E-state index contributed by atoms with van der Waals surface area (Å²) in [5, 5.41) is 9.70. The zero-order valence-corrected chi connectivity index (χ0v) is 15.9. The van der Waals surface area contributed by atoms with Crippen LogP contribution in [-0.4, -0.2) is 45.5 Å². The van der Waals surface area contributed by atoms with Gasteiger partial charge in [0.05, 0.1) is 18.1 Å². The predicted octanol–water partition coefficient (Wildman–Crippen LogP) is 2.18. The molecule has 0 saturated heterocycles. The van der Waals surface area contributed by atoms with E-state index in [2.05, 4.69) is 25.7 Å². The molecule has 2 amide bonds. The fourth-order valence-corrected chi connectivity index (χ4v) is 3.06. The Labute approximate surface area is 166 Å². The fourth-order valence-electron chi connectivity index (χ4n) is 3.06. The lowest BCUT2D eigenvalue weighted by Crippen LogP contribution is -2.19. The van der Waals surface area contributed by atoms with Gasteiger partial charge in [0.1, 0.15) is 5.69 Å². The molecule has 0 aliphatic rings. The number of aromatic nitrogens is 4. The molecule has 4 rings (SSSR count). The summed E-state index contributed by atoms with van der Waals surface area (Å²) in [7, 11) is 3.16. The van der Waals surface area contributed by atoms with Crippen molar-refractivity contribution in [3.8, 4) is 22.4 Å². The van der Waals surface area contributed by atoms with Crippen LogP contribution in [0.15, 0.2) is 61.1 Å². The van der Waals surface area contributed by atoms with Gasteiger partial charge in [-0.15, -0.1) is 0 Å². The van der Waals surface area contributed by atoms with Crippen LogP contribution < -0.4 is 10.6 Å². The molecule has 0 spiro atoms. The number of hydrogen-bond donors (Lipinski definition) is 2. The number of carbonyl (C=O) groups is 2. The summed E-state index contributed by atoms with van der Waals surface area (Å²) in [6.45, 7) is 0. The van der Waals surface area contributed by atoms with Crippen LogP contribution in [0.1, 0.15) is 20.8 Å². The van der Waals surface area contributed by atoms with Crippen molar-refractivity contribution < 1.29 is 9.59 Å². The minimum atomic E-state index is -0.257. The SMILES string of the molecule is CNC(=O)c1cccc(-c2cnn3c(-c4ccnc(C(=O)NC)c4)cnc3c2)c1. The molecule has 144 valence electrons. The van der Waals surface area contributed by atoms with E-state index < -0.39 is 0 Å². The van der Waals surface area contributed by atoms with Gasteiger partial charge in [-0.05, 0) is 35.9 Å². The average Bonchev–Trinajstić information content (AvgIpc) is 3.21. The molecule has 0 unspecified atom stereocenters. The highest BCUT2D eigenvalue weighted by Gasteiger charge is 2.12. The lowest BCUT2D eigenvalue weighted by molar-refractivity contribution is 0.0952. The van der Waals surface area contributed by atoms with E-state index in [1.807, 2.05) is 24.3 Å². The molecule has 0 fully saturated rings. The number of benzene rings is 1. The maximum absolute atomic E-state index is 11.9. The smallest absolute Gasteiger partial charge is 0.269 e. The van der Waals surface area contributed by atoms with Crippen LogP contribution in [0.5, 0.6) is 0 Å². The summed E-state index contributed by atoms with van der Waals surface area (Å²) in [5.74, 6) is -0.402. The van der Waals surface area contributed by atoms with Gasteiger partial charge in [-0.25, -0.2) is 9.50 Å². The van der Waals surface area contributed by atoms with E-state index in [0.29, 0.717) is 16.9 Å². The minimum absolute atomic E-state index is 0.145. The number of pyridine rings is 1. The van der Waals surface area contributed by atoms with Crippen LogP contribution in [0.25, 0.3) is 28.0 Å². The first kappa shape index (κ1) is 18.3. The first-order valence-electron chi connectivity index (χ1n) is 8.95. The Morgan fingerprint density at radius 1 is 0.862 bits per heavy atom. The topological polar surface area (TPSA) is 101 Å². The quantitative estimate of drug-likeness (QED) is 0.560. The molecule has 0 radical (unpaired) electrons. The molecular weight excluding hydrogens is 368 g/mol. The highest BCUT2D eigenvalue weighted by molar-refractivity contribution is 5.95. The molecule has 29 heavy (non-hydrogen) atoms. The lowest BCUT2D eigenvalue weighted by atomic mass is 10.0. The van der Waals surface area contributed by atoms with Crippen LogP contribution in [0.3, 0.4) is 0 Å². The highest BCUT2D eigenvalue weighted by atomic mass is 16.2. The molecule has 3 aromatic heterocycles. The van der Waals surface area contributed by atoms with Crippen LogP contribution >= 0.6 is 0 Å². The lowest BCUT2D eigenvalue weighted by Gasteiger charge is -2.06. The van der Waals surface area contributed by atoms with Crippen molar-refractivity contribution >= 4 is 17.5 Å². The number of imidazole rings is 1. The first-order chi connectivity index (χ1) is 14.1. The van der Waals surface area contributed by atoms with E-state index in [1.54, 1.807) is 55.4 Å².